The van der Waals surface area contributed by atoms with Gasteiger partial charge in [-0.1, -0.05) is 35.9 Å². The summed E-state index contributed by atoms with van der Waals surface area (Å²) in [5.74, 6) is 0.874. The Balaban J connectivity index is 1.75. The topological polar surface area (TPSA) is 84.9 Å². The second-order valence-corrected chi connectivity index (χ2v) is 10.0. The molecule has 0 aromatic heterocycles. The molecule has 3 aromatic carbocycles. The molecule has 0 aliphatic rings. The van der Waals surface area contributed by atoms with Crippen LogP contribution < -0.4 is 19.1 Å². The zero-order valence-electron chi connectivity index (χ0n) is 19.2. The lowest BCUT2D eigenvalue weighted by atomic mass is 10.2. The van der Waals surface area contributed by atoms with Crippen LogP contribution in [0.3, 0.4) is 0 Å². The number of halogens is 1. The van der Waals surface area contributed by atoms with Gasteiger partial charge >= 0.3 is 0 Å². The summed E-state index contributed by atoms with van der Waals surface area (Å²) in [6, 6.07) is 19.6. The number of nitrogens with zero attached hydrogens (tertiary/aromatic N) is 1. The molecule has 0 heterocycles. The third kappa shape index (κ3) is 6.42. The van der Waals surface area contributed by atoms with Gasteiger partial charge < -0.3 is 14.8 Å². The van der Waals surface area contributed by atoms with Crippen LogP contribution in [-0.4, -0.2) is 40.6 Å². The molecular weight excluding hydrogens is 476 g/mol. The van der Waals surface area contributed by atoms with E-state index in [-0.39, 0.29) is 17.5 Å². The van der Waals surface area contributed by atoms with Crippen LogP contribution in [0.4, 0.5) is 5.69 Å². The molecule has 1 N–H and O–H groups in total. The number of anilines is 1. The smallest absolute Gasteiger partial charge is 0.264 e. The van der Waals surface area contributed by atoms with Crippen molar-refractivity contribution in [1.29, 1.82) is 0 Å². The van der Waals surface area contributed by atoms with Crippen LogP contribution in [0.15, 0.2) is 77.7 Å². The maximum atomic E-state index is 13.4. The first-order valence-electron chi connectivity index (χ1n) is 10.6. The number of sulfonamides is 1. The summed E-state index contributed by atoms with van der Waals surface area (Å²) in [4.78, 5) is 13.0. The maximum Gasteiger partial charge on any atom is 0.264 e. The minimum absolute atomic E-state index is 0.0815. The Morgan fingerprint density at radius 1 is 1.03 bits per heavy atom. The molecule has 0 aliphatic heterocycles. The van der Waals surface area contributed by atoms with Crippen LogP contribution in [0.1, 0.15) is 12.5 Å². The Labute approximate surface area is 205 Å². The fourth-order valence-corrected chi connectivity index (χ4v) is 4.92. The molecule has 0 saturated carbocycles. The van der Waals surface area contributed by atoms with Gasteiger partial charge in [-0.2, -0.15) is 0 Å². The third-order valence-electron chi connectivity index (χ3n) is 5.03. The van der Waals surface area contributed by atoms with E-state index in [2.05, 4.69) is 5.32 Å². The number of carbonyl (C=O) groups excluding carboxylic acids is 1. The highest BCUT2D eigenvalue weighted by molar-refractivity contribution is 7.92. The van der Waals surface area contributed by atoms with E-state index >= 15 is 0 Å². The molecule has 1 unspecified atom stereocenters. The Morgan fingerprint density at radius 3 is 2.32 bits per heavy atom. The lowest BCUT2D eigenvalue weighted by molar-refractivity contribution is -0.120. The van der Waals surface area contributed by atoms with E-state index in [1.54, 1.807) is 81.6 Å². The van der Waals surface area contributed by atoms with Crippen LogP contribution in [0.2, 0.25) is 5.02 Å². The van der Waals surface area contributed by atoms with E-state index in [1.807, 2.05) is 0 Å². The molecule has 0 aliphatic carbocycles. The number of ether oxygens (including phenoxy) is 2. The van der Waals surface area contributed by atoms with Gasteiger partial charge in [0.1, 0.15) is 24.7 Å². The SMILES string of the molecule is COc1ccc(OCC(C)NC(=O)CN(c2cc(Cl)ccc2C)S(=O)(=O)c2ccccc2)cc1. The summed E-state index contributed by atoms with van der Waals surface area (Å²) in [7, 11) is -2.43. The average Bonchev–Trinajstić information content (AvgIpc) is 2.83. The van der Waals surface area contributed by atoms with Crippen LogP contribution in [0.25, 0.3) is 0 Å². The predicted molar refractivity (Wildman–Crippen MR) is 133 cm³/mol. The van der Waals surface area contributed by atoms with Crippen molar-refractivity contribution in [3.8, 4) is 11.5 Å². The molecular formula is C25H27ClN2O5S. The van der Waals surface area contributed by atoms with Gasteiger partial charge in [-0.25, -0.2) is 8.42 Å². The zero-order chi connectivity index (χ0) is 24.7. The highest BCUT2D eigenvalue weighted by atomic mass is 35.5. The average molecular weight is 503 g/mol. The predicted octanol–water partition coefficient (Wildman–Crippen LogP) is 4.44. The van der Waals surface area contributed by atoms with Gasteiger partial charge in [0.25, 0.3) is 10.0 Å². The summed E-state index contributed by atoms with van der Waals surface area (Å²) in [5.41, 5.74) is 1.02. The summed E-state index contributed by atoms with van der Waals surface area (Å²) in [6.45, 7) is 3.34. The number of hydrogen-bond acceptors (Lipinski definition) is 5. The number of methoxy groups -OCH3 is 1. The Hall–Kier alpha value is -3.23. The summed E-state index contributed by atoms with van der Waals surface area (Å²) >= 11 is 6.15. The standard InChI is InChI=1S/C25H27ClN2O5S/c1-18-9-10-20(26)15-24(18)28(34(30,31)23-7-5-4-6-8-23)16-25(29)27-19(2)17-33-22-13-11-21(32-3)12-14-22/h4-15,19H,16-17H2,1-3H3,(H,27,29). The fourth-order valence-electron chi connectivity index (χ4n) is 3.26. The number of hydrogen-bond donors (Lipinski definition) is 1. The third-order valence-corrected chi connectivity index (χ3v) is 7.03. The normalized spacial score (nSPS) is 12.0. The van der Waals surface area contributed by atoms with Crippen molar-refractivity contribution in [3.63, 3.8) is 0 Å². The highest BCUT2D eigenvalue weighted by Gasteiger charge is 2.28. The number of carbonyl (C=O) groups is 1. The minimum atomic E-state index is -4.02. The lowest BCUT2D eigenvalue weighted by Crippen LogP contribution is -2.45. The summed E-state index contributed by atoms with van der Waals surface area (Å²) in [6.07, 6.45) is 0. The van der Waals surface area contributed by atoms with Crippen LogP contribution in [0, 0.1) is 6.92 Å². The first-order valence-corrected chi connectivity index (χ1v) is 12.4. The van der Waals surface area contributed by atoms with Gasteiger partial charge in [0.05, 0.1) is 23.7 Å². The zero-order valence-corrected chi connectivity index (χ0v) is 20.8. The van der Waals surface area contributed by atoms with E-state index in [0.717, 1.165) is 4.31 Å². The first-order chi connectivity index (χ1) is 16.2. The molecule has 0 saturated heterocycles. The van der Waals surface area contributed by atoms with E-state index in [1.165, 1.54) is 12.1 Å². The van der Waals surface area contributed by atoms with E-state index in [0.29, 0.717) is 27.8 Å². The van der Waals surface area contributed by atoms with Gasteiger partial charge in [-0.05, 0) is 67.9 Å². The van der Waals surface area contributed by atoms with Crippen molar-refractivity contribution in [3.05, 3.63) is 83.4 Å². The second kappa shape index (κ2) is 11.3. The molecule has 0 spiro atoms. The number of amides is 1. The Morgan fingerprint density at radius 2 is 1.68 bits per heavy atom. The molecule has 180 valence electrons. The molecule has 3 rings (SSSR count). The Kier molecular flexibility index (Phi) is 8.41. The molecule has 0 fully saturated rings. The number of rotatable bonds is 10. The molecule has 0 radical (unpaired) electrons. The van der Waals surface area contributed by atoms with Crippen molar-refractivity contribution in [2.75, 3.05) is 24.6 Å². The van der Waals surface area contributed by atoms with Gasteiger partial charge in [0, 0.05) is 5.02 Å². The van der Waals surface area contributed by atoms with Crippen molar-refractivity contribution in [2.45, 2.75) is 24.8 Å². The fraction of sp³-hybridized carbons (Fsp3) is 0.240. The van der Waals surface area contributed by atoms with Crippen molar-refractivity contribution >= 4 is 33.2 Å². The minimum Gasteiger partial charge on any atom is -0.497 e. The largest absolute Gasteiger partial charge is 0.497 e. The molecule has 3 aromatic rings. The molecule has 1 atom stereocenters. The van der Waals surface area contributed by atoms with Crippen LogP contribution in [0.5, 0.6) is 11.5 Å². The summed E-state index contributed by atoms with van der Waals surface area (Å²) in [5, 5.41) is 3.17. The molecule has 0 bridgehead atoms. The number of aryl methyl sites for hydroxylation is 1. The molecule has 7 nitrogen and oxygen atoms in total. The van der Waals surface area contributed by atoms with Crippen molar-refractivity contribution in [2.24, 2.45) is 0 Å². The monoisotopic (exact) mass is 502 g/mol. The van der Waals surface area contributed by atoms with Crippen LogP contribution in [-0.2, 0) is 14.8 Å². The lowest BCUT2D eigenvalue weighted by Gasteiger charge is -2.26. The highest BCUT2D eigenvalue weighted by Crippen LogP contribution is 2.29. The van der Waals surface area contributed by atoms with Gasteiger partial charge in [-0.15, -0.1) is 0 Å². The second-order valence-electron chi connectivity index (χ2n) is 7.71. The number of benzene rings is 3. The van der Waals surface area contributed by atoms with Gasteiger partial charge in [0.2, 0.25) is 5.91 Å². The van der Waals surface area contributed by atoms with Gasteiger partial charge in [0.15, 0.2) is 0 Å². The van der Waals surface area contributed by atoms with E-state index < -0.39 is 22.5 Å². The quantitative estimate of drug-likeness (QED) is 0.443. The Bertz CT molecular complexity index is 1220. The molecule has 1 amide bonds. The van der Waals surface area contributed by atoms with Crippen molar-refractivity contribution < 1.29 is 22.7 Å². The van der Waals surface area contributed by atoms with E-state index in [4.69, 9.17) is 21.1 Å². The van der Waals surface area contributed by atoms with Crippen LogP contribution >= 0.6 is 11.6 Å². The van der Waals surface area contributed by atoms with Gasteiger partial charge in [-0.3, -0.25) is 9.10 Å². The molecule has 9 heteroatoms. The first kappa shape index (κ1) is 25.4. The summed E-state index contributed by atoms with van der Waals surface area (Å²) < 4.78 is 38.8. The molecule has 34 heavy (non-hydrogen) atoms. The maximum absolute atomic E-state index is 13.4. The number of nitrogens with one attached hydrogen (secondary N) is 1. The van der Waals surface area contributed by atoms with E-state index in [9.17, 15) is 13.2 Å². The van der Waals surface area contributed by atoms with Crippen molar-refractivity contribution in [1.82, 2.24) is 5.32 Å².